The molecule has 2 aliphatic carbocycles. The minimum atomic E-state index is 0.375. The highest BCUT2D eigenvalue weighted by Gasteiger charge is 2.44. The molecule has 1 aromatic carbocycles. The summed E-state index contributed by atoms with van der Waals surface area (Å²) in [7, 11) is 0. The summed E-state index contributed by atoms with van der Waals surface area (Å²) in [6.07, 6.45) is 5.07. The van der Waals surface area contributed by atoms with E-state index >= 15 is 0 Å². The second-order valence-electron chi connectivity index (χ2n) is 5.97. The van der Waals surface area contributed by atoms with Gasteiger partial charge in [-0.15, -0.1) is 5.10 Å². The molecular formula is C14H15Cl2N5. The molecular weight excluding hydrogens is 309 g/mol. The van der Waals surface area contributed by atoms with Gasteiger partial charge in [0.2, 0.25) is 0 Å². The van der Waals surface area contributed by atoms with Crippen LogP contribution in [-0.2, 0) is 0 Å². The summed E-state index contributed by atoms with van der Waals surface area (Å²) < 4.78 is 1.97. The molecule has 0 bridgehead atoms. The lowest BCUT2D eigenvalue weighted by molar-refractivity contribution is 0.357. The van der Waals surface area contributed by atoms with E-state index in [9.17, 15) is 0 Å². The maximum absolute atomic E-state index is 6.13. The predicted octanol–water partition coefficient (Wildman–Crippen LogP) is 3.59. The van der Waals surface area contributed by atoms with Gasteiger partial charge in [-0.3, -0.25) is 0 Å². The van der Waals surface area contributed by atoms with E-state index in [2.05, 4.69) is 15.5 Å². The topological polar surface area (TPSA) is 69.6 Å². The number of nitrogen functional groups attached to an aromatic ring is 1. The van der Waals surface area contributed by atoms with Crippen LogP contribution in [-0.4, -0.2) is 20.2 Å². The number of nitrogens with two attached hydrogens (primary N) is 1. The lowest BCUT2D eigenvalue weighted by Crippen LogP contribution is -2.16. The molecule has 1 aromatic heterocycles. The molecule has 0 aliphatic heterocycles. The Morgan fingerprint density at radius 1 is 1.14 bits per heavy atom. The third-order valence-electron chi connectivity index (χ3n) is 4.30. The Balaban J connectivity index is 1.78. The van der Waals surface area contributed by atoms with Crippen molar-refractivity contribution in [3.63, 3.8) is 0 Å². The van der Waals surface area contributed by atoms with Crippen molar-refractivity contribution in [3.05, 3.63) is 22.2 Å². The van der Waals surface area contributed by atoms with Crippen LogP contribution in [0.2, 0.25) is 10.0 Å². The summed E-state index contributed by atoms with van der Waals surface area (Å²) in [6, 6.07) is 3.97. The first-order chi connectivity index (χ1) is 10.1. The zero-order valence-electron chi connectivity index (χ0n) is 11.3. The Morgan fingerprint density at radius 2 is 1.81 bits per heavy atom. The molecule has 0 unspecified atom stereocenters. The van der Waals surface area contributed by atoms with Crippen molar-refractivity contribution in [1.82, 2.24) is 20.2 Å². The molecule has 21 heavy (non-hydrogen) atoms. The zero-order chi connectivity index (χ0) is 14.6. The molecule has 110 valence electrons. The molecule has 4 rings (SSSR count). The smallest absolute Gasteiger partial charge is 0.182 e. The van der Waals surface area contributed by atoms with Gasteiger partial charge in [-0.2, -0.15) is 0 Å². The summed E-state index contributed by atoms with van der Waals surface area (Å²) >= 11 is 12.1. The Bertz CT molecular complexity index is 655. The first-order valence-electron chi connectivity index (χ1n) is 7.18. The Morgan fingerprint density at radius 3 is 2.38 bits per heavy atom. The molecule has 0 saturated heterocycles. The second kappa shape index (κ2) is 4.85. The van der Waals surface area contributed by atoms with Crippen LogP contribution in [0, 0.1) is 11.8 Å². The summed E-state index contributed by atoms with van der Waals surface area (Å²) in [5.74, 6) is 2.14. The van der Waals surface area contributed by atoms with Crippen LogP contribution in [0.1, 0.15) is 31.7 Å². The van der Waals surface area contributed by atoms with Crippen LogP contribution in [0.5, 0.6) is 0 Å². The van der Waals surface area contributed by atoms with Gasteiger partial charge in [0, 0.05) is 5.56 Å². The number of tetrazole rings is 1. The van der Waals surface area contributed by atoms with Gasteiger partial charge >= 0.3 is 0 Å². The van der Waals surface area contributed by atoms with Gasteiger partial charge in [0.05, 0.1) is 21.8 Å². The molecule has 2 aromatic rings. The number of hydrogen-bond acceptors (Lipinski definition) is 4. The lowest BCUT2D eigenvalue weighted by atomic mass is 10.1. The van der Waals surface area contributed by atoms with Crippen molar-refractivity contribution >= 4 is 28.9 Å². The predicted molar refractivity (Wildman–Crippen MR) is 82.2 cm³/mol. The van der Waals surface area contributed by atoms with Crippen molar-refractivity contribution in [1.29, 1.82) is 0 Å². The van der Waals surface area contributed by atoms with E-state index in [1.165, 1.54) is 25.7 Å². The Labute approximate surface area is 132 Å². The third kappa shape index (κ3) is 2.38. The molecule has 5 nitrogen and oxygen atoms in total. The van der Waals surface area contributed by atoms with E-state index in [4.69, 9.17) is 28.9 Å². The quantitative estimate of drug-likeness (QED) is 0.873. The van der Waals surface area contributed by atoms with Gasteiger partial charge in [-0.25, -0.2) is 4.68 Å². The number of rotatable bonds is 4. The SMILES string of the molecule is Nc1cc(-c2nnnn2C(C2CC2)C2CC2)cc(Cl)c1Cl. The molecule has 2 N–H and O–H groups in total. The van der Waals surface area contributed by atoms with E-state index in [0.29, 0.717) is 33.6 Å². The van der Waals surface area contributed by atoms with Gasteiger partial charge in [0.15, 0.2) is 5.82 Å². The largest absolute Gasteiger partial charge is 0.397 e. The maximum atomic E-state index is 6.13. The molecule has 2 saturated carbocycles. The summed E-state index contributed by atoms with van der Waals surface area (Å²) in [5, 5.41) is 13.1. The summed E-state index contributed by atoms with van der Waals surface area (Å²) in [6.45, 7) is 0. The van der Waals surface area contributed by atoms with Crippen LogP contribution in [0.4, 0.5) is 5.69 Å². The number of nitrogens with zero attached hydrogens (tertiary/aromatic N) is 4. The average molecular weight is 324 g/mol. The van der Waals surface area contributed by atoms with Crippen molar-refractivity contribution in [2.45, 2.75) is 31.7 Å². The molecule has 2 aliphatic rings. The fourth-order valence-corrected chi connectivity index (χ4v) is 3.32. The van der Waals surface area contributed by atoms with Gasteiger partial charge in [-0.1, -0.05) is 23.2 Å². The molecule has 0 radical (unpaired) electrons. The number of halogens is 2. The molecule has 0 spiro atoms. The third-order valence-corrected chi connectivity index (χ3v) is 5.12. The van der Waals surface area contributed by atoms with Crippen LogP contribution >= 0.6 is 23.2 Å². The number of anilines is 1. The van der Waals surface area contributed by atoms with Gasteiger partial charge in [0.25, 0.3) is 0 Å². The summed E-state index contributed by atoms with van der Waals surface area (Å²) in [4.78, 5) is 0. The van der Waals surface area contributed by atoms with E-state index in [1.54, 1.807) is 12.1 Å². The highest BCUT2D eigenvalue weighted by atomic mass is 35.5. The molecule has 0 atom stereocenters. The number of aromatic nitrogens is 4. The van der Waals surface area contributed by atoms with Crippen LogP contribution in [0.3, 0.4) is 0 Å². The number of hydrogen-bond donors (Lipinski definition) is 1. The minimum Gasteiger partial charge on any atom is -0.397 e. The maximum Gasteiger partial charge on any atom is 0.182 e. The fourth-order valence-electron chi connectivity index (χ4n) is 2.98. The van der Waals surface area contributed by atoms with Crippen molar-refractivity contribution in [2.75, 3.05) is 5.73 Å². The van der Waals surface area contributed by atoms with Gasteiger partial charge in [-0.05, 0) is 60.1 Å². The standard InChI is InChI=1S/C14H15Cl2N5/c15-10-5-9(6-11(17)12(10)16)14-18-19-20-21(14)13(7-1-2-7)8-3-4-8/h5-8,13H,1-4,17H2. The molecule has 7 heteroatoms. The normalized spacial score (nSPS) is 18.4. The van der Waals surface area contributed by atoms with Crippen molar-refractivity contribution in [3.8, 4) is 11.4 Å². The van der Waals surface area contributed by atoms with Gasteiger partial charge in [0.1, 0.15) is 0 Å². The van der Waals surface area contributed by atoms with Gasteiger partial charge < -0.3 is 5.73 Å². The van der Waals surface area contributed by atoms with E-state index in [0.717, 1.165) is 11.4 Å². The van der Waals surface area contributed by atoms with E-state index in [1.807, 2.05) is 4.68 Å². The summed E-state index contributed by atoms with van der Waals surface area (Å²) in [5.41, 5.74) is 7.17. The average Bonchev–Trinajstić information content (AvgIpc) is 3.37. The fraction of sp³-hybridized carbons (Fsp3) is 0.500. The van der Waals surface area contributed by atoms with Crippen molar-refractivity contribution < 1.29 is 0 Å². The Hall–Kier alpha value is -1.33. The first kappa shape index (κ1) is 13.3. The van der Waals surface area contributed by atoms with E-state index in [-0.39, 0.29) is 0 Å². The number of benzene rings is 1. The molecule has 2 fully saturated rings. The second-order valence-corrected chi connectivity index (χ2v) is 6.76. The van der Waals surface area contributed by atoms with Crippen LogP contribution in [0.25, 0.3) is 11.4 Å². The Kier molecular flexibility index (Phi) is 3.08. The molecule has 1 heterocycles. The first-order valence-corrected chi connectivity index (χ1v) is 7.93. The highest BCUT2D eigenvalue weighted by molar-refractivity contribution is 6.43. The van der Waals surface area contributed by atoms with E-state index < -0.39 is 0 Å². The van der Waals surface area contributed by atoms with Crippen molar-refractivity contribution in [2.24, 2.45) is 11.8 Å². The van der Waals surface area contributed by atoms with Crippen LogP contribution in [0.15, 0.2) is 12.1 Å². The lowest BCUT2D eigenvalue weighted by Gasteiger charge is -2.17. The highest BCUT2D eigenvalue weighted by Crippen LogP contribution is 2.52. The minimum absolute atomic E-state index is 0.375. The molecule has 0 amide bonds. The van der Waals surface area contributed by atoms with Crippen LogP contribution < -0.4 is 5.73 Å². The monoisotopic (exact) mass is 323 g/mol. The zero-order valence-corrected chi connectivity index (χ0v) is 12.8.